The van der Waals surface area contributed by atoms with Crippen molar-refractivity contribution in [3.63, 3.8) is 0 Å². The van der Waals surface area contributed by atoms with Gasteiger partial charge >= 0.3 is 0 Å². The summed E-state index contributed by atoms with van der Waals surface area (Å²) >= 11 is 1.61. The molecule has 5 rings (SSSR count). The van der Waals surface area contributed by atoms with E-state index in [0.717, 1.165) is 50.0 Å². The minimum absolute atomic E-state index is 0.0665. The van der Waals surface area contributed by atoms with Crippen LogP contribution in [0.3, 0.4) is 0 Å². The van der Waals surface area contributed by atoms with Crippen LogP contribution in [0.1, 0.15) is 16.5 Å². The number of amides is 1. The second kappa shape index (κ2) is 8.79. The Morgan fingerprint density at radius 3 is 2.88 bits per heavy atom. The number of methoxy groups -OCH3 is 1. The van der Waals surface area contributed by atoms with Crippen molar-refractivity contribution in [3.05, 3.63) is 53.2 Å². The number of carbonyl (C=O) groups is 1. The van der Waals surface area contributed by atoms with Crippen molar-refractivity contribution in [2.24, 2.45) is 5.73 Å². The third-order valence-corrected chi connectivity index (χ3v) is 6.95. The number of carbonyl (C=O) groups excluding carboxylic acids is 1. The molecule has 3 heterocycles. The molecule has 174 valence electrons. The average Bonchev–Trinajstić information content (AvgIpc) is 3.26. The van der Waals surface area contributed by atoms with E-state index >= 15 is 0 Å². The molecule has 1 atom stereocenters. The standard InChI is InChI=1S/C24H24N6O3S/c1-30(11-21(25)31)18-9-13(17-5-6-27-24(26)28-17)10-20-22(18)29-23(34-20)15-7-14-8-16(32-2)3-4-19(14)33-12-15/h3-6,8-10,15H,7,11-12H2,1-2H3,(H2,25,31)(H2,26,27,28). The molecular weight excluding hydrogens is 452 g/mol. The number of benzene rings is 2. The maximum absolute atomic E-state index is 11.6. The van der Waals surface area contributed by atoms with Crippen molar-refractivity contribution in [1.82, 2.24) is 15.0 Å². The zero-order valence-corrected chi connectivity index (χ0v) is 19.6. The summed E-state index contributed by atoms with van der Waals surface area (Å²) in [5, 5.41) is 0.969. The highest BCUT2D eigenvalue weighted by molar-refractivity contribution is 7.18. The van der Waals surface area contributed by atoms with Gasteiger partial charge in [-0.2, -0.15) is 0 Å². The Kier molecular flexibility index (Phi) is 5.66. The molecule has 34 heavy (non-hydrogen) atoms. The Labute approximate surface area is 200 Å². The minimum Gasteiger partial charge on any atom is -0.497 e. The van der Waals surface area contributed by atoms with Gasteiger partial charge in [0.05, 0.1) is 36.3 Å². The maximum Gasteiger partial charge on any atom is 0.236 e. The number of anilines is 2. The van der Waals surface area contributed by atoms with Gasteiger partial charge in [0.25, 0.3) is 0 Å². The third-order valence-electron chi connectivity index (χ3n) is 5.79. The van der Waals surface area contributed by atoms with Gasteiger partial charge in [0.2, 0.25) is 11.9 Å². The van der Waals surface area contributed by atoms with Gasteiger partial charge in [-0.3, -0.25) is 4.79 Å². The van der Waals surface area contributed by atoms with Crippen molar-refractivity contribution in [2.45, 2.75) is 12.3 Å². The van der Waals surface area contributed by atoms with Gasteiger partial charge in [-0.05, 0) is 48.4 Å². The van der Waals surface area contributed by atoms with E-state index in [2.05, 4.69) is 9.97 Å². The molecule has 10 heteroatoms. The molecule has 4 aromatic rings. The Bertz CT molecular complexity index is 1390. The number of hydrogen-bond acceptors (Lipinski definition) is 9. The fourth-order valence-corrected chi connectivity index (χ4v) is 5.27. The van der Waals surface area contributed by atoms with Crippen molar-refractivity contribution in [1.29, 1.82) is 0 Å². The van der Waals surface area contributed by atoms with Crippen LogP contribution in [0.5, 0.6) is 11.5 Å². The zero-order chi connectivity index (χ0) is 23.8. The lowest BCUT2D eigenvalue weighted by atomic mass is 9.97. The molecule has 1 aliphatic rings. The number of nitrogens with two attached hydrogens (primary N) is 2. The monoisotopic (exact) mass is 476 g/mol. The highest BCUT2D eigenvalue weighted by Crippen LogP contribution is 2.40. The summed E-state index contributed by atoms with van der Waals surface area (Å²) in [6, 6.07) is 11.7. The molecule has 0 saturated carbocycles. The average molecular weight is 477 g/mol. The molecule has 0 bridgehead atoms. The Morgan fingerprint density at radius 1 is 1.26 bits per heavy atom. The number of nitrogens with zero attached hydrogens (tertiary/aromatic N) is 4. The van der Waals surface area contributed by atoms with Crippen LogP contribution in [-0.2, 0) is 11.2 Å². The van der Waals surface area contributed by atoms with Crippen LogP contribution >= 0.6 is 11.3 Å². The molecular formula is C24H24N6O3S. The molecule has 0 spiro atoms. The van der Waals surface area contributed by atoms with Crippen LogP contribution in [0.25, 0.3) is 21.5 Å². The summed E-state index contributed by atoms with van der Waals surface area (Å²) in [6.45, 7) is 0.609. The van der Waals surface area contributed by atoms with Gasteiger partial charge in [-0.25, -0.2) is 15.0 Å². The largest absolute Gasteiger partial charge is 0.497 e. The van der Waals surface area contributed by atoms with E-state index in [9.17, 15) is 4.79 Å². The van der Waals surface area contributed by atoms with Gasteiger partial charge in [0.1, 0.15) is 22.0 Å². The fraction of sp³-hybridized carbons (Fsp3) is 0.250. The topological polar surface area (TPSA) is 129 Å². The molecule has 9 nitrogen and oxygen atoms in total. The minimum atomic E-state index is -0.422. The number of nitrogen functional groups attached to an aromatic ring is 1. The number of aromatic nitrogens is 3. The van der Waals surface area contributed by atoms with E-state index in [-0.39, 0.29) is 18.4 Å². The first-order valence-corrected chi connectivity index (χ1v) is 11.6. The summed E-state index contributed by atoms with van der Waals surface area (Å²) in [5.41, 5.74) is 15.5. The molecule has 1 aliphatic heterocycles. The molecule has 1 unspecified atom stereocenters. The molecule has 0 aliphatic carbocycles. The second-order valence-corrected chi connectivity index (χ2v) is 9.26. The molecule has 2 aromatic heterocycles. The third kappa shape index (κ3) is 4.19. The van der Waals surface area contributed by atoms with Gasteiger partial charge < -0.3 is 25.8 Å². The first-order chi connectivity index (χ1) is 16.4. The normalized spacial score (nSPS) is 14.9. The van der Waals surface area contributed by atoms with Crippen LogP contribution < -0.4 is 25.8 Å². The van der Waals surface area contributed by atoms with E-state index in [1.54, 1.807) is 35.6 Å². The smallest absolute Gasteiger partial charge is 0.236 e. The highest BCUT2D eigenvalue weighted by Gasteiger charge is 2.26. The van der Waals surface area contributed by atoms with Crippen LogP contribution in [0.15, 0.2) is 42.6 Å². The molecule has 2 aromatic carbocycles. The number of hydrogen-bond donors (Lipinski definition) is 2. The summed E-state index contributed by atoms with van der Waals surface area (Å²) in [4.78, 5) is 26.8. The summed E-state index contributed by atoms with van der Waals surface area (Å²) in [7, 11) is 3.48. The SMILES string of the molecule is COc1ccc2c(c1)CC(c1nc3c(N(C)CC(N)=O)cc(-c4ccnc(N)n4)cc3s1)CO2. The molecule has 1 amide bonds. The van der Waals surface area contributed by atoms with Crippen molar-refractivity contribution >= 4 is 39.1 Å². The van der Waals surface area contributed by atoms with E-state index < -0.39 is 5.91 Å². The summed E-state index contributed by atoms with van der Waals surface area (Å²) < 4.78 is 12.4. The van der Waals surface area contributed by atoms with E-state index in [4.69, 9.17) is 25.9 Å². The van der Waals surface area contributed by atoms with E-state index in [1.807, 2.05) is 37.4 Å². The molecule has 4 N–H and O–H groups in total. The number of ether oxygens (including phenoxy) is 2. The number of primary amides is 1. The van der Waals surface area contributed by atoms with Crippen LogP contribution in [0, 0.1) is 0 Å². The maximum atomic E-state index is 11.6. The fourth-order valence-electron chi connectivity index (χ4n) is 4.15. The van der Waals surface area contributed by atoms with Crippen LogP contribution in [-0.4, -0.2) is 48.2 Å². The molecule has 0 radical (unpaired) electrons. The second-order valence-electron chi connectivity index (χ2n) is 8.20. The number of rotatable bonds is 6. The van der Waals surface area contributed by atoms with Gasteiger partial charge in [0.15, 0.2) is 0 Å². The summed E-state index contributed by atoms with van der Waals surface area (Å²) in [5.74, 6) is 1.56. The van der Waals surface area contributed by atoms with Gasteiger partial charge in [-0.15, -0.1) is 11.3 Å². The Hall–Kier alpha value is -3.92. The summed E-state index contributed by atoms with van der Waals surface area (Å²) in [6.07, 6.45) is 2.42. The van der Waals surface area contributed by atoms with Crippen LogP contribution in [0.2, 0.25) is 0 Å². The molecule has 0 saturated heterocycles. The predicted octanol–water partition coefficient (Wildman–Crippen LogP) is 2.98. The number of thiazole rings is 1. The highest BCUT2D eigenvalue weighted by atomic mass is 32.1. The van der Waals surface area contributed by atoms with Crippen molar-refractivity contribution in [2.75, 3.05) is 37.9 Å². The Balaban J connectivity index is 1.57. The zero-order valence-electron chi connectivity index (χ0n) is 18.8. The lowest BCUT2D eigenvalue weighted by Gasteiger charge is -2.24. The van der Waals surface area contributed by atoms with Crippen LogP contribution in [0.4, 0.5) is 11.6 Å². The Morgan fingerprint density at radius 2 is 2.12 bits per heavy atom. The van der Waals surface area contributed by atoms with Gasteiger partial charge in [-0.1, -0.05) is 0 Å². The van der Waals surface area contributed by atoms with E-state index in [1.165, 1.54) is 0 Å². The molecule has 0 fully saturated rings. The number of likely N-dealkylation sites (N-methyl/N-ethyl adjacent to an activating group) is 1. The lowest BCUT2D eigenvalue weighted by Crippen LogP contribution is -2.30. The first kappa shape index (κ1) is 21.9. The van der Waals surface area contributed by atoms with Gasteiger partial charge in [0, 0.05) is 24.7 Å². The number of fused-ring (bicyclic) bond motifs is 2. The quantitative estimate of drug-likeness (QED) is 0.434. The first-order valence-electron chi connectivity index (χ1n) is 10.7. The van der Waals surface area contributed by atoms with E-state index in [0.29, 0.717) is 12.3 Å². The van der Waals surface area contributed by atoms with Crippen molar-refractivity contribution < 1.29 is 14.3 Å². The predicted molar refractivity (Wildman–Crippen MR) is 132 cm³/mol. The van der Waals surface area contributed by atoms with Crippen molar-refractivity contribution in [3.8, 4) is 22.8 Å². The lowest BCUT2D eigenvalue weighted by molar-refractivity contribution is -0.116.